The maximum absolute atomic E-state index is 13.9. The molecule has 78 valence electrons. The van der Waals surface area contributed by atoms with Crippen LogP contribution in [0, 0.1) is 0 Å². The van der Waals surface area contributed by atoms with Crippen LogP contribution in [0.5, 0.6) is 0 Å². The Morgan fingerprint density at radius 2 is 1.92 bits per heavy atom. The van der Waals surface area contributed by atoms with E-state index in [9.17, 15) is 4.39 Å². The first kappa shape index (κ1) is 10.9. The van der Waals surface area contributed by atoms with E-state index in [-0.39, 0.29) is 0 Å². The van der Waals surface area contributed by atoms with Crippen molar-refractivity contribution < 1.29 is 4.39 Å². The lowest BCUT2D eigenvalue weighted by Gasteiger charge is -2.38. The highest BCUT2D eigenvalue weighted by atomic mass is 19.1. The molecule has 0 atom stereocenters. The Morgan fingerprint density at radius 1 is 1.38 bits per heavy atom. The Labute approximate surface area is 80.5 Å². The van der Waals surface area contributed by atoms with E-state index in [1.54, 1.807) is 0 Å². The lowest BCUT2D eigenvalue weighted by molar-refractivity contribution is 0.0466. The highest BCUT2D eigenvalue weighted by molar-refractivity contribution is 4.88. The van der Waals surface area contributed by atoms with Gasteiger partial charge in [-0.05, 0) is 33.7 Å². The molecule has 0 saturated carbocycles. The third-order valence-corrected chi connectivity index (χ3v) is 2.92. The first-order chi connectivity index (χ1) is 6.07. The van der Waals surface area contributed by atoms with Crippen LogP contribution in [0.25, 0.3) is 0 Å². The predicted octanol–water partition coefficient (Wildman–Crippen LogP) is 1.42. The topological polar surface area (TPSA) is 15.3 Å². The summed E-state index contributed by atoms with van der Waals surface area (Å²) in [6.07, 6.45) is 1.35. The molecular formula is C10H21FN2. The van der Waals surface area contributed by atoms with Gasteiger partial charge in [0.15, 0.2) is 0 Å². The van der Waals surface area contributed by atoms with Gasteiger partial charge in [0.25, 0.3) is 0 Å². The number of piperidine rings is 1. The molecular weight excluding hydrogens is 167 g/mol. The zero-order valence-corrected chi connectivity index (χ0v) is 8.94. The molecule has 1 heterocycles. The molecule has 0 bridgehead atoms. The van der Waals surface area contributed by atoms with Gasteiger partial charge in [0.05, 0.1) is 0 Å². The van der Waals surface area contributed by atoms with Crippen molar-refractivity contribution in [2.45, 2.75) is 38.4 Å². The number of nitrogens with zero attached hydrogens (tertiary/aromatic N) is 1. The number of nitrogens with one attached hydrogen (secondary N) is 1. The molecule has 0 aromatic carbocycles. The van der Waals surface area contributed by atoms with E-state index in [1.165, 1.54) is 0 Å². The fourth-order valence-corrected chi connectivity index (χ4v) is 1.93. The Balaban J connectivity index is 2.37. The minimum atomic E-state index is -0.958. The van der Waals surface area contributed by atoms with Crippen molar-refractivity contribution >= 4 is 0 Å². The molecule has 0 spiro atoms. The highest BCUT2D eigenvalue weighted by Gasteiger charge is 2.34. The van der Waals surface area contributed by atoms with Crippen molar-refractivity contribution in [1.82, 2.24) is 10.2 Å². The molecule has 13 heavy (non-hydrogen) atoms. The Hall–Kier alpha value is -0.150. The second-order valence-electron chi connectivity index (χ2n) is 4.31. The van der Waals surface area contributed by atoms with Crippen molar-refractivity contribution in [3.63, 3.8) is 0 Å². The Morgan fingerprint density at radius 3 is 2.31 bits per heavy atom. The van der Waals surface area contributed by atoms with Gasteiger partial charge in [-0.3, -0.25) is 0 Å². The van der Waals surface area contributed by atoms with E-state index >= 15 is 0 Å². The van der Waals surface area contributed by atoms with E-state index < -0.39 is 5.67 Å². The molecule has 1 aliphatic heterocycles. The van der Waals surface area contributed by atoms with Crippen molar-refractivity contribution in [3.05, 3.63) is 0 Å². The molecule has 1 saturated heterocycles. The maximum atomic E-state index is 13.9. The fourth-order valence-electron chi connectivity index (χ4n) is 1.93. The molecule has 0 amide bonds. The van der Waals surface area contributed by atoms with Gasteiger partial charge in [0.1, 0.15) is 5.67 Å². The summed E-state index contributed by atoms with van der Waals surface area (Å²) in [7, 11) is 1.82. The molecule has 3 heteroatoms. The average molecular weight is 188 g/mol. The second kappa shape index (κ2) is 4.38. The minimum absolute atomic E-state index is 0.499. The summed E-state index contributed by atoms with van der Waals surface area (Å²) >= 11 is 0. The number of rotatable bonds is 3. The minimum Gasteiger partial charge on any atom is -0.317 e. The van der Waals surface area contributed by atoms with E-state index in [0.717, 1.165) is 13.1 Å². The second-order valence-corrected chi connectivity index (χ2v) is 4.31. The summed E-state index contributed by atoms with van der Waals surface area (Å²) in [5.41, 5.74) is -0.958. The standard InChI is InChI=1S/C10H21FN2/c1-9(2)13-6-4-10(11,5-7-13)8-12-3/h9,12H,4-8H2,1-3H3. The lowest BCUT2D eigenvalue weighted by atomic mass is 9.92. The smallest absolute Gasteiger partial charge is 0.125 e. The van der Waals surface area contributed by atoms with Crippen LogP contribution in [0.4, 0.5) is 4.39 Å². The summed E-state index contributed by atoms with van der Waals surface area (Å²) in [6.45, 7) is 6.64. The van der Waals surface area contributed by atoms with E-state index in [1.807, 2.05) is 7.05 Å². The number of halogens is 1. The van der Waals surface area contributed by atoms with Crippen molar-refractivity contribution in [2.75, 3.05) is 26.7 Å². The predicted molar refractivity (Wildman–Crippen MR) is 53.7 cm³/mol. The van der Waals surface area contributed by atoms with Gasteiger partial charge in [-0.1, -0.05) is 0 Å². The number of likely N-dealkylation sites (tertiary alicyclic amines) is 1. The molecule has 0 aromatic rings. The summed E-state index contributed by atoms with van der Waals surface area (Å²) in [6, 6.07) is 0.555. The zero-order chi connectivity index (χ0) is 9.90. The number of alkyl halides is 1. The maximum Gasteiger partial charge on any atom is 0.125 e. The fraction of sp³-hybridized carbons (Fsp3) is 1.00. The van der Waals surface area contributed by atoms with Crippen molar-refractivity contribution in [3.8, 4) is 0 Å². The Kier molecular flexibility index (Phi) is 3.68. The largest absolute Gasteiger partial charge is 0.317 e. The molecule has 1 rings (SSSR count). The van der Waals surface area contributed by atoms with Gasteiger partial charge in [-0.15, -0.1) is 0 Å². The Bertz CT molecular complexity index is 151. The van der Waals surface area contributed by atoms with Crippen molar-refractivity contribution in [2.24, 2.45) is 0 Å². The quantitative estimate of drug-likeness (QED) is 0.720. The van der Waals surface area contributed by atoms with E-state index in [4.69, 9.17) is 0 Å². The van der Waals surface area contributed by atoms with Gasteiger partial charge in [-0.2, -0.15) is 0 Å². The molecule has 1 N–H and O–H groups in total. The van der Waals surface area contributed by atoms with E-state index in [0.29, 0.717) is 25.4 Å². The van der Waals surface area contributed by atoms with Crippen LogP contribution >= 0.6 is 0 Å². The third-order valence-electron chi connectivity index (χ3n) is 2.92. The molecule has 1 fully saturated rings. The van der Waals surface area contributed by atoms with Crippen LogP contribution in [-0.2, 0) is 0 Å². The SMILES string of the molecule is CNCC1(F)CCN(C(C)C)CC1. The summed E-state index contributed by atoms with van der Waals surface area (Å²) < 4.78 is 13.9. The monoisotopic (exact) mass is 188 g/mol. The van der Waals surface area contributed by atoms with Crippen LogP contribution in [-0.4, -0.2) is 43.3 Å². The molecule has 1 aliphatic rings. The van der Waals surface area contributed by atoms with Crippen LogP contribution in [0.2, 0.25) is 0 Å². The van der Waals surface area contributed by atoms with Crippen LogP contribution in [0.3, 0.4) is 0 Å². The van der Waals surface area contributed by atoms with E-state index in [2.05, 4.69) is 24.1 Å². The van der Waals surface area contributed by atoms with Gasteiger partial charge in [0, 0.05) is 25.7 Å². The number of hydrogen-bond donors (Lipinski definition) is 1. The van der Waals surface area contributed by atoms with Gasteiger partial charge < -0.3 is 10.2 Å². The summed E-state index contributed by atoms with van der Waals surface area (Å²) in [5.74, 6) is 0. The lowest BCUT2D eigenvalue weighted by Crippen LogP contribution is -2.48. The van der Waals surface area contributed by atoms with Gasteiger partial charge in [-0.25, -0.2) is 4.39 Å². The molecule has 2 nitrogen and oxygen atoms in total. The van der Waals surface area contributed by atoms with Crippen LogP contribution in [0.1, 0.15) is 26.7 Å². The van der Waals surface area contributed by atoms with Crippen molar-refractivity contribution in [1.29, 1.82) is 0 Å². The van der Waals surface area contributed by atoms with Gasteiger partial charge in [0.2, 0.25) is 0 Å². The molecule has 0 unspecified atom stereocenters. The zero-order valence-electron chi connectivity index (χ0n) is 8.94. The first-order valence-corrected chi connectivity index (χ1v) is 5.15. The average Bonchev–Trinajstić information content (AvgIpc) is 2.05. The molecule has 0 radical (unpaired) electrons. The third kappa shape index (κ3) is 2.92. The van der Waals surface area contributed by atoms with Crippen LogP contribution in [0.15, 0.2) is 0 Å². The summed E-state index contributed by atoms with van der Waals surface area (Å²) in [4.78, 5) is 2.34. The van der Waals surface area contributed by atoms with Crippen LogP contribution < -0.4 is 5.32 Å². The van der Waals surface area contributed by atoms with Gasteiger partial charge >= 0.3 is 0 Å². The first-order valence-electron chi connectivity index (χ1n) is 5.15. The normalized spacial score (nSPS) is 23.8. The summed E-state index contributed by atoms with van der Waals surface area (Å²) in [5, 5.41) is 2.93. The molecule has 0 aliphatic carbocycles. The molecule has 0 aromatic heterocycles. The number of hydrogen-bond acceptors (Lipinski definition) is 2. The highest BCUT2D eigenvalue weighted by Crippen LogP contribution is 2.26.